The molecule has 2 aromatic carbocycles. The molecule has 1 aliphatic heterocycles. The molecule has 1 fully saturated rings. The maximum atomic E-state index is 12.0. The highest BCUT2D eigenvalue weighted by atomic mass is 32.2. The van der Waals surface area contributed by atoms with Gasteiger partial charge in [0, 0.05) is 38.5 Å². The van der Waals surface area contributed by atoms with Crippen molar-refractivity contribution in [2.75, 3.05) is 6.61 Å². The first kappa shape index (κ1) is 30.5. The lowest BCUT2D eigenvalue weighted by atomic mass is 9.77. The van der Waals surface area contributed by atoms with E-state index in [0.29, 0.717) is 0 Å². The molecule has 2 aromatic rings. The lowest BCUT2D eigenvalue weighted by Gasteiger charge is -2.43. The van der Waals surface area contributed by atoms with Crippen molar-refractivity contribution in [2.45, 2.75) is 87.2 Å². The van der Waals surface area contributed by atoms with Crippen molar-refractivity contribution in [1.29, 1.82) is 0 Å². The first-order valence-electron chi connectivity index (χ1n) is 13.5. The molecule has 220 valence electrons. The molecule has 2 aliphatic rings. The third kappa shape index (κ3) is 7.66. The Hall–Kier alpha value is -3.41. The molecule has 0 saturated carbocycles. The van der Waals surface area contributed by atoms with E-state index >= 15 is 0 Å². The molecular weight excluding hydrogens is 550 g/mol. The SMILES string of the molecule is CC(=O)NC1CCC(c2cccc(S[C@@H]3OC(COC(C)=O)[C@@H](O)C(OC(C)=O)[C@@H]3OC(C)=O)c2)c2ccccc21. The van der Waals surface area contributed by atoms with Gasteiger partial charge in [-0.2, -0.15) is 0 Å². The van der Waals surface area contributed by atoms with E-state index in [1.807, 2.05) is 42.5 Å². The molecule has 0 aromatic heterocycles. The Morgan fingerprint density at radius 3 is 2.24 bits per heavy atom. The molecule has 10 nitrogen and oxygen atoms in total. The van der Waals surface area contributed by atoms with Crippen LogP contribution >= 0.6 is 11.8 Å². The number of carbonyl (C=O) groups excluding carboxylic acids is 4. The predicted molar refractivity (Wildman–Crippen MR) is 149 cm³/mol. The predicted octanol–water partition coefficient (Wildman–Crippen LogP) is 3.39. The van der Waals surface area contributed by atoms with Gasteiger partial charge in [0.2, 0.25) is 5.91 Å². The Balaban J connectivity index is 1.62. The summed E-state index contributed by atoms with van der Waals surface area (Å²) in [5.41, 5.74) is 2.42. The van der Waals surface area contributed by atoms with Crippen LogP contribution in [0.1, 0.15) is 69.2 Å². The monoisotopic (exact) mass is 585 g/mol. The molecule has 4 rings (SSSR count). The molecule has 41 heavy (non-hydrogen) atoms. The topological polar surface area (TPSA) is 137 Å². The second-order valence-electron chi connectivity index (χ2n) is 10.2. The van der Waals surface area contributed by atoms with E-state index < -0.39 is 47.8 Å². The number of fused-ring (bicyclic) bond motifs is 1. The fourth-order valence-corrected chi connectivity index (χ4v) is 6.61. The Morgan fingerprint density at radius 2 is 1.59 bits per heavy atom. The molecule has 0 bridgehead atoms. The molecule has 11 heteroatoms. The summed E-state index contributed by atoms with van der Waals surface area (Å²) in [6, 6.07) is 15.9. The zero-order valence-electron chi connectivity index (χ0n) is 23.4. The third-order valence-electron chi connectivity index (χ3n) is 7.05. The van der Waals surface area contributed by atoms with Gasteiger partial charge in [-0.25, -0.2) is 0 Å². The molecule has 4 unspecified atom stereocenters. The summed E-state index contributed by atoms with van der Waals surface area (Å²) >= 11 is 1.25. The van der Waals surface area contributed by atoms with E-state index in [0.717, 1.165) is 34.4 Å². The molecule has 0 radical (unpaired) electrons. The van der Waals surface area contributed by atoms with Crippen molar-refractivity contribution in [3.05, 3.63) is 65.2 Å². The van der Waals surface area contributed by atoms with Crippen molar-refractivity contribution in [1.82, 2.24) is 5.32 Å². The fraction of sp³-hybridized carbons (Fsp3) is 0.467. The number of benzene rings is 2. The van der Waals surface area contributed by atoms with E-state index in [4.69, 9.17) is 18.9 Å². The van der Waals surface area contributed by atoms with Crippen LogP contribution in [0.2, 0.25) is 0 Å². The minimum atomic E-state index is -1.40. The number of hydrogen-bond acceptors (Lipinski definition) is 10. The Bertz CT molecular complexity index is 1280. The second-order valence-corrected chi connectivity index (χ2v) is 11.4. The fourth-order valence-electron chi connectivity index (χ4n) is 5.44. The number of aliphatic hydroxyl groups excluding tert-OH is 1. The van der Waals surface area contributed by atoms with Gasteiger partial charge in [-0.1, -0.05) is 48.2 Å². The lowest BCUT2D eigenvalue weighted by molar-refractivity contribution is -0.230. The number of thioether (sulfide) groups is 1. The van der Waals surface area contributed by atoms with Crippen LogP contribution < -0.4 is 5.32 Å². The first-order valence-corrected chi connectivity index (χ1v) is 14.3. The van der Waals surface area contributed by atoms with Crippen molar-refractivity contribution < 1.29 is 43.2 Å². The van der Waals surface area contributed by atoms with Gasteiger partial charge in [0.25, 0.3) is 0 Å². The average Bonchev–Trinajstić information content (AvgIpc) is 2.91. The Labute approximate surface area is 243 Å². The van der Waals surface area contributed by atoms with Gasteiger partial charge < -0.3 is 29.4 Å². The van der Waals surface area contributed by atoms with Gasteiger partial charge >= 0.3 is 17.9 Å². The largest absolute Gasteiger partial charge is 0.463 e. The van der Waals surface area contributed by atoms with E-state index in [1.165, 1.54) is 39.5 Å². The molecule has 1 heterocycles. The van der Waals surface area contributed by atoms with Crippen molar-refractivity contribution in [3.8, 4) is 0 Å². The lowest BCUT2D eigenvalue weighted by Crippen LogP contribution is -2.60. The highest BCUT2D eigenvalue weighted by Gasteiger charge is 2.50. The number of esters is 3. The molecular formula is C30H35NO9S. The van der Waals surface area contributed by atoms with Crippen LogP contribution in [-0.2, 0) is 38.1 Å². The highest BCUT2D eigenvalue weighted by Crippen LogP contribution is 2.43. The van der Waals surface area contributed by atoms with E-state index in [-0.39, 0.29) is 24.5 Å². The number of nitrogens with one attached hydrogen (secondary N) is 1. The number of aliphatic hydroxyl groups is 1. The molecule has 1 saturated heterocycles. The number of rotatable bonds is 8. The molecule has 1 amide bonds. The summed E-state index contributed by atoms with van der Waals surface area (Å²) in [4.78, 5) is 47.9. The maximum Gasteiger partial charge on any atom is 0.303 e. The zero-order valence-corrected chi connectivity index (χ0v) is 24.2. The van der Waals surface area contributed by atoms with Crippen molar-refractivity contribution in [3.63, 3.8) is 0 Å². The summed E-state index contributed by atoms with van der Waals surface area (Å²) in [5, 5.41) is 14.0. The van der Waals surface area contributed by atoms with Gasteiger partial charge in [0.05, 0.1) is 6.04 Å². The molecule has 0 spiro atoms. The van der Waals surface area contributed by atoms with Gasteiger partial charge in [-0.15, -0.1) is 0 Å². The summed E-state index contributed by atoms with van der Waals surface area (Å²) in [6.07, 6.45) is -3.16. The number of hydrogen-bond donors (Lipinski definition) is 2. The van der Waals surface area contributed by atoms with Crippen molar-refractivity contribution in [2.24, 2.45) is 0 Å². The van der Waals surface area contributed by atoms with Crippen LogP contribution in [0.15, 0.2) is 53.4 Å². The van der Waals surface area contributed by atoms with Gasteiger partial charge in [-0.05, 0) is 41.7 Å². The van der Waals surface area contributed by atoms with E-state index in [1.54, 1.807) is 0 Å². The first-order chi connectivity index (χ1) is 19.5. The maximum absolute atomic E-state index is 12.0. The second kappa shape index (κ2) is 13.5. The van der Waals surface area contributed by atoms with E-state index in [9.17, 15) is 24.3 Å². The summed E-state index contributed by atoms with van der Waals surface area (Å²) < 4.78 is 22.1. The summed E-state index contributed by atoms with van der Waals surface area (Å²) in [7, 11) is 0. The normalized spacial score (nSPS) is 27.2. The van der Waals surface area contributed by atoms with Crippen LogP contribution in [0.3, 0.4) is 0 Å². The van der Waals surface area contributed by atoms with E-state index in [2.05, 4.69) is 11.4 Å². The highest BCUT2D eigenvalue weighted by molar-refractivity contribution is 7.99. The standard InChI is InChI=1S/C30H35NO9S/c1-16(32)31-25-13-12-22(23-10-5-6-11-24(23)25)20-8-7-9-21(14-20)41-30-29(39-19(4)35)28(38-18(3)34)27(36)26(40-30)15-37-17(2)33/h5-11,14,22,25-30,36H,12-13,15H2,1-4H3,(H,31,32)/t22?,25?,26?,27-,28?,29+,30+/m1/s1. The average molecular weight is 586 g/mol. The van der Waals surface area contributed by atoms with Crippen LogP contribution in [0.25, 0.3) is 0 Å². The minimum absolute atomic E-state index is 0.0450. The van der Waals surface area contributed by atoms with Crippen molar-refractivity contribution >= 4 is 35.6 Å². The molecule has 7 atom stereocenters. The zero-order chi connectivity index (χ0) is 29.7. The molecule has 1 aliphatic carbocycles. The quantitative estimate of drug-likeness (QED) is 0.350. The van der Waals surface area contributed by atoms with Crippen LogP contribution in [0.5, 0.6) is 0 Å². The Morgan fingerprint density at radius 1 is 0.902 bits per heavy atom. The smallest absolute Gasteiger partial charge is 0.303 e. The minimum Gasteiger partial charge on any atom is -0.463 e. The summed E-state index contributed by atoms with van der Waals surface area (Å²) in [6.45, 7) is 4.90. The Kier molecular flexibility index (Phi) is 10.1. The summed E-state index contributed by atoms with van der Waals surface area (Å²) in [5.74, 6) is -1.83. The van der Waals surface area contributed by atoms with Gasteiger partial charge in [0.1, 0.15) is 24.3 Å². The number of carbonyl (C=O) groups is 4. The number of amides is 1. The van der Waals surface area contributed by atoms with Crippen LogP contribution in [0.4, 0.5) is 0 Å². The van der Waals surface area contributed by atoms with Crippen LogP contribution in [0, 0.1) is 0 Å². The van der Waals surface area contributed by atoms with Crippen LogP contribution in [-0.4, -0.2) is 65.4 Å². The third-order valence-corrected chi connectivity index (χ3v) is 8.19. The molecule has 2 N–H and O–H groups in total. The number of ether oxygens (including phenoxy) is 4. The van der Waals surface area contributed by atoms with Gasteiger partial charge in [-0.3, -0.25) is 19.2 Å². The van der Waals surface area contributed by atoms with Gasteiger partial charge in [0.15, 0.2) is 12.2 Å².